The molecule has 4 N–H and O–H groups in total. The Morgan fingerprint density at radius 2 is 1.64 bits per heavy atom. The predicted octanol–water partition coefficient (Wildman–Crippen LogP) is 3.84. The molecule has 1 aromatic heterocycles. The van der Waals surface area contributed by atoms with Crippen molar-refractivity contribution in [2.75, 3.05) is 26.8 Å². The van der Waals surface area contributed by atoms with Crippen LogP contribution in [0.2, 0.25) is 5.02 Å². The molecule has 0 amide bonds. The maximum Gasteiger partial charge on any atom is 0.336 e. The average Bonchev–Trinajstić information content (AvgIpc) is 3.34. The van der Waals surface area contributed by atoms with Crippen molar-refractivity contribution < 1.29 is 39.5 Å². The lowest BCUT2D eigenvalue weighted by atomic mass is 9.78. The second kappa shape index (κ2) is 15.5. The van der Waals surface area contributed by atoms with E-state index in [1.165, 1.54) is 31.2 Å². The summed E-state index contributed by atoms with van der Waals surface area (Å²) < 4.78 is 5.28. The van der Waals surface area contributed by atoms with E-state index in [0.717, 1.165) is 43.4 Å². The zero-order valence-electron chi connectivity index (χ0n) is 22.1. The fourth-order valence-corrected chi connectivity index (χ4v) is 5.03. The molecule has 11 heteroatoms. The highest BCUT2D eigenvalue weighted by atomic mass is 35.5. The fourth-order valence-electron chi connectivity index (χ4n) is 4.90. The molecule has 1 heterocycles. The van der Waals surface area contributed by atoms with Gasteiger partial charge in [0.2, 0.25) is 0 Å². The van der Waals surface area contributed by atoms with Crippen LogP contribution in [-0.2, 0) is 31.1 Å². The first-order chi connectivity index (χ1) is 18.5. The van der Waals surface area contributed by atoms with Crippen molar-refractivity contribution >= 4 is 29.5 Å². The summed E-state index contributed by atoms with van der Waals surface area (Å²) in [5.41, 5.74) is 0.0516. The summed E-state index contributed by atoms with van der Waals surface area (Å²) >= 11 is 6.13. The zero-order valence-corrected chi connectivity index (χ0v) is 22.8. The maximum absolute atomic E-state index is 10.3. The predicted molar refractivity (Wildman–Crippen MR) is 145 cm³/mol. The minimum atomic E-state index is -2.74. The van der Waals surface area contributed by atoms with Gasteiger partial charge in [-0.05, 0) is 49.1 Å². The molecule has 0 saturated heterocycles. The Balaban J connectivity index is 0.000000349. The number of carboxylic acids is 3. The third-order valence-electron chi connectivity index (χ3n) is 6.76. The zero-order chi connectivity index (χ0) is 28.9. The molecular formula is C28H37ClN2O8. The molecule has 0 unspecified atom stereocenters. The van der Waals surface area contributed by atoms with Gasteiger partial charge in [0.15, 0.2) is 5.60 Å². The smallest absolute Gasteiger partial charge is 0.336 e. The van der Waals surface area contributed by atoms with Gasteiger partial charge in [0.25, 0.3) is 0 Å². The van der Waals surface area contributed by atoms with Gasteiger partial charge in [-0.1, -0.05) is 42.6 Å². The first kappa shape index (κ1) is 32.2. The molecule has 214 valence electrons. The number of aromatic nitrogens is 1. The van der Waals surface area contributed by atoms with Crippen LogP contribution in [0.1, 0.15) is 56.2 Å². The van der Waals surface area contributed by atoms with Crippen LogP contribution < -0.4 is 0 Å². The number of halogens is 1. The van der Waals surface area contributed by atoms with E-state index in [2.05, 4.69) is 34.1 Å². The first-order valence-corrected chi connectivity index (χ1v) is 13.1. The number of hydrogen-bond donors (Lipinski definition) is 4. The number of aliphatic carboxylic acids is 3. The normalized spacial score (nSPS) is 14.5. The average molecular weight is 565 g/mol. The molecule has 1 aromatic carbocycles. The van der Waals surface area contributed by atoms with Crippen LogP contribution >= 0.6 is 11.6 Å². The number of hydrogen-bond acceptors (Lipinski definition) is 7. The van der Waals surface area contributed by atoms with Crippen molar-refractivity contribution in [1.82, 2.24) is 9.88 Å². The summed E-state index contributed by atoms with van der Waals surface area (Å²) in [5.74, 6) is -5.02. The first-order valence-electron chi connectivity index (χ1n) is 12.8. The summed E-state index contributed by atoms with van der Waals surface area (Å²) in [6.07, 6.45) is 5.74. The summed E-state index contributed by atoms with van der Waals surface area (Å²) in [6.45, 7) is 3.78. The molecule has 0 aliphatic heterocycles. The van der Waals surface area contributed by atoms with Gasteiger partial charge in [-0.15, -0.1) is 0 Å². The van der Waals surface area contributed by atoms with Crippen molar-refractivity contribution in [3.63, 3.8) is 0 Å². The number of ether oxygens (including phenoxy) is 1. The van der Waals surface area contributed by atoms with Crippen molar-refractivity contribution in [2.45, 2.75) is 62.5 Å². The van der Waals surface area contributed by atoms with Gasteiger partial charge in [-0.3, -0.25) is 19.5 Å². The molecule has 0 spiro atoms. The molecule has 1 fully saturated rings. The molecule has 1 saturated carbocycles. The second-order valence-corrected chi connectivity index (χ2v) is 10.3. The Hall–Kier alpha value is -3.05. The van der Waals surface area contributed by atoms with E-state index in [9.17, 15) is 14.4 Å². The number of carbonyl (C=O) groups is 3. The second-order valence-electron chi connectivity index (χ2n) is 9.85. The van der Waals surface area contributed by atoms with E-state index in [-0.39, 0.29) is 5.41 Å². The van der Waals surface area contributed by atoms with Gasteiger partial charge < -0.3 is 25.2 Å². The molecule has 2 aromatic rings. The number of nitrogens with zero attached hydrogens (tertiary/aromatic N) is 2. The van der Waals surface area contributed by atoms with E-state index < -0.39 is 36.4 Å². The van der Waals surface area contributed by atoms with Crippen LogP contribution in [0.5, 0.6) is 0 Å². The molecule has 3 rings (SSSR count). The van der Waals surface area contributed by atoms with Crippen LogP contribution in [0.25, 0.3) is 0 Å². The molecule has 39 heavy (non-hydrogen) atoms. The third kappa shape index (κ3) is 10.6. The molecule has 10 nitrogen and oxygen atoms in total. The number of benzene rings is 1. The van der Waals surface area contributed by atoms with E-state index >= 15 is 0 Å². The SMILES string of the molecule is COCCCN(Cc1ccccn1)CC1(c2ccc(Cl)cc2)CCCC1.O=C(O)CC(O)(CC(=O)O)C(=O)O. The molecule has 1 aliphatic carbocycles. The summed E-state index contributed by atoms with van der Waals surface area (Å²) in [5, 5.41) is 34.6. The number of pyridine rings is 1. The molecule has 1 aliphatic rings. The highest BCUT2D eigenvalue weighted by molar-refractivity contribution is 6.30. The van der Waals surface area contributed by atoms with E-state index in [1.54, 1.807) is 7.11 Å². The Morgan fingerprint density at radius 3 is 2.13 bits per heavy atom. The third-order valence-corrected chi connectivity index (χ3v) is 7.02. The van der Waals surface area contributed by atoms with Gasteiger partial charge in [-0.25, -0.2) is 4.79 Å². The molecular weight excluding hydrogens is 528 g/mol. The van der Waals surface area contributed by atoms with Gasteiger partial charge in [0, 0.05) is 50.0 Å². The number of aliphatic hydroxyl groups is 1. The minimum Gasteiger partial charge on any atom is -0.481 e. The van der Waals surface area contributed by atoms with Gasteiger partial charge >= 0.3 is 17.9 Å². The Morgan fingerprint density at radius 1 is 1.03 bits per heavy atom. The molecule has 0 bridgehead atoms. The fraction of sp³-hybridized carbons (Fsp3) is 0.500. The Bertz CT molecular complexity index is 1040. The van der Waals surface area contributed by atoms with Crippen LogP contribution in [0.3, 0.4) is 0 Å². The highest BCUT2D eigenvalue weighted by Gasteiger charge is 2.41. The van der Waals surface area contributed by atoms with Gasteiger partial charge in [-0.2, -0.15) is 0 Å². The quantitative estimate of drug-likeness (QED) is 0.248. The van der Waals surface area contributed by atoms with Gasteiger partial charge in [0.05, 0.1) is 18.5 Å². The van der Waals surface area contributed by atoms with Crippen molar-refractivity contribution in [3.8, 4) is 0 Å². The highest BCUT2D eigenvalue weighted by Crippen LogP contribution is 2.42. The number of carboxylic acid groups (broad SMARTS) is 3. The van der Waals surface area contributed by atoms with E-state index in [0.29, 0.717) is 0 Å². The number of methoxy groups -OCH3 is 1. The lowest BCUT2D eigenvalue weighted by molar-refractivity contribution is -0.170. The Kier molecular flexibility index (Phi) is 12.8. The number of rotatable bonds is 14. The van der Waals surface area contributed by atoms with E-state index in [4.69, 9.17) is 36.8 Å². The monoisotopic (exact) mass is 564 g/mol. The standard InChI is InChI=1S/C22H29ClN2O.C6H8O7/c1-26-16-6-15-25(17-21-7-2-5-14-24-21)18-22(12-3-4-13-22)19-8-10-20(23)11-9-19;7-3(8)1-6(13,5(11)12)2-4(9)10/h2,5,7-11,14H,3-4,6,12-13,15-18H2,1H3;13H,1-2H2,(H,7,8)(H,9,10)(H,11,12). The maximum atomic E-state index is 10.3. The van der Waals surface area contributed by atoms with Crippen LogP contribution in [-0.4, -0.2) is 80.6 Å². The lowest BCUT2D eigenvalue weighted by Crippen LogP contribution is -2.42. The van der Waals surface area contributed by atoms with Crippen LogP contribution in [0.15, 0.2) is 48.7 Å². The van der Waals surface area contributed by atoms with Crippen molar-refractivity contribution in [3.05, 3.63) is 64.9 Å². The van der Waals surface area contributed by atoms with Crippen molar-refractivity contribution in [1.29, 1.82) is 0 Å². The lowest BCUT2D eigenvalue weighted by Gasteiger charge is -2.36. The molecule has 0 radical (unpaired) electrons. The summed E-state index contributed by atoms with van der Waals surface area (Å²) in [7, 11) is 1.77. The van der Waals surface area contributed by atoms with Crippen molar-refractivity contribution in [2.24, 2.45) is 0 Å². The summed E-state index contributed by atoms with van der Waals surface area (Å²) in [4.78, 5) is 37.6. The minimum absolute atomic E-state index is 0.229. The van der Waals surface area contributed by atoms with Gasteiger partial charge in [0.1, 0.15) is 0 Å². The summed E-state index contributed by atoms with van der Waals surface area (Å²) in [6, 6.07) is 14.7. The van der Waals surface area contributed by atoms with Crippen LogP contribution in [0, 0.1) is 0 Å². The Labute approximate surface area is 233 Å². The topological polar surface area (TPSA) is 157 Å². The largest absolute Gasteiger partial charge is 0.481 e. The van der Waals surface area contributed by atoms with Crippen LogP contribution in [0.4, 0.5) is 0 Å². The van der Waals surface area contributed by atoms with E-state index in [1.807, 2.05) is 24.4 Å². The molecule has 0 atom stereocenters.